The van der Waals surface area contributed by atoms with E-state index in [0.29, 0.717) is 11.7 Å². The molecule has 0 saturated carbocycles. The Morgan fingerprint density at radius 2 is 1.83 bits per heavy atom. The number of pyridine rings is 1. The fraction of sp³-hybridized carbons (Fsp3) is 0.421. The summed E-state index contributed by atoms with van der Waals surface area (Å²) in [6.07, 6.45) is 1.83. The maximum Gasteiger partial charge on any atom is 0.129 e. The molecule has 0 unspecified atom stereocenters. The third-order valence-corrected chi connectivity index (χ3v) is 4.28. The minimum absolute atomic E-state index is 0.311. The second kappa shape index (κ2) is 7.01. The predicted octanol–water partition coefficient (Wildman–Crippen LogP) is 3.23. The molecule has 1 aliphatic heterocycles. The number of para-hydroxylation sites is 1. The molecule has 1 aromatic carbocycles. The molecule has 0 aliphatic carbocycles. The van der Waals surface area contributed by atoms with Gasteiger partial charge in [0.1, 0.15) is 11.6 Å². The molecule has 0 amide bonds. The van der Waals surface area contributed by atoms with Gasteiger partial charge in [-0.25, -0.2) is 4.98 Å². The van der Waals surface area contributed by atoms with E-state index in [1.807, 2.05) is 30.5 Å². The highest BCUT2D eigenvalue weighted by atomic mass is 16.3. The summed E-state index contributed by atoms with van der Waals surface area (Å²) in [4.78, 5) is 9.39. The number of nitrogens with zero attached hydrogens (tertiary/aromatic N) is 3. The van der Waals surface area contributed by atoms with Gasteiger partial charge in [-0.2, -0.15) is 0 Å². The summed E-state index contributed by atoms with van der Waals surface area (Å²) in [6.45, 7) is 9.88. The number of phenolic OH excluding ortho intramolecular Hbond substituents is 1. The van der Waals surface area contributed by atoms with Crippen molar-refractivity contribution in [1.82, 2.24) is 9.88 Å². The monoisotopic (exact) mass is 311 g/mol. The van der Waals surface area contributed by atoms with Crippen LogP contribution in [0.1, 0.15) is 13.8 Å². The van der Waals surface area contributed by atoms with Crippen molar-refractivity contribution in [3.05, 3.63) is 42.6 Å². The van der Waals surface area contributed by atoms with Gasteiger partial charge in [-0.1, -0.05) is 32.0 Å². The van der Waals surface area contributed by atoms with Gasteiger partial charge in [-0.3, -0.25) is 4.90 Å². The number of anilines is 1. The lowest BCUT2D eigenvalue weighted by Gasteiger charge is -2.36. The zero-order chi connectivity index (χ0) is 16.2. The van der Waals surface area contributed by atoms with Crippen LogP contribution in [-0.2, 0) is 0 Å². The molecular weight excluding hydrogens is 286 g/mol. The lowest BCUT2D eigenvalue weighted by molar-refractivity contribution is 0.231. The zero-order valence-electron chi connectivity index (χ0n) is 13.9. The third-order valence-electron chi connectivity index (χ3n) is 4.28. The molecule has 0 bridgehead atoms. The van der Waals surface area contributed by atoms with E-state index < -0.39 is 0 Å². The SMILES string of the molecule is CC(C)CN1CCN(c2cc(-c3ccccc3O)ccn2)CC1. The van der Waals surface area contributed by atoms with Crippen LogP contribution in [-0.4, -0.2) is 47.7 Å². The van der Waals surface area contributed by atoms with E-state index in [2.05, 4.69) is 34.7 Å². The third kappa shape index (κ3) is 3.82. The molecule has 1 saturated heterocycles. The summed E-state index contributed by atoms with van der Waals surface area (Å²) >= 11 is 0. The van der Waals surface area contributed by atoms with Gasteiger partial charge < -0.3 is 10.0 Å². The van der Waals surface area contributed by atoms with E-state index in [1.165, 1.54) is 6.54 Å². The molecule has 0 spiro atoms. The highest BCUT2D eigenvalue weighted by molar-refractivity contribution is 5.72. The van der Waals surface area contributed by atoms with Gasteiger partial charge in [0.05, 0.1) is 0 Å². The Labute approximate surface area is 138 Å². The molecule has 1 aromatic heterocycles. The fourth-order valence-corrected chi connectivity index (χ4v) is 3.15. The van der Waals surface area contributed by atoms with E-state index in [4.69, 9.17) is 0 Å². The molecule has 122 valence electrons. The summed E-state index contributed by atoms with van der Waals surface area (Å²) in [6, 6.07) is 11.5. The van der Waals surface area contributed by atoms with Crippen molar-refractivity contribution in [2.24, 2.45) is 5.92 Å². The van der Waals surface area contributed by atoms with E-state index in [1.54, 1.807) is 6.07 Å². The van der Waals surface area contributed by atoms with Crippen LogP contribution in [0.3, 0.4) is 0 Å². The largest absolute Gasteiger partial charge is 0.507 e. The topological polar surface area (TPSA) is 39.6 Å². The summed E-state index contributed by atoms with van der Waals surface area (Å²) in [5.41, 5.74) is 1.87. The van der Waals surface area contributed by atoms with Crippen molar-refractivity contribution in [3.8, 4) is 16.9 Å². The van der Waals surface area contributed by atoms with Crippen LogP contribution in [0.4, 0.5) is 5.82 Å². The van der Waals surface area contributed by atoms with Crippen molar-refractivity contribution >= 4 is 5.82 Å². The summed E-state index contributed by atoms with van der Waals surface area (Å²) < 4.78 is 0. The average molecular weight is 311 g/mol. The van der Waals surface area contributed by atoms with Gasteiger partial charge in [-0.15, -0.1) is 0 Å². The molecule has 2 heterocycles. The van der Waals surface area contributed by atoms with E-state index in [9.17, 15) is 5.11 Å². The normalized spacial score (nSPS) is 16.0. The molecular formula is C19H25N3O. The lowest BCUT2D eigenvalue weighted by Crippen LogP contribution is -2.47. The fourth-order valence-electron chi connectivity index (χ4n) is 3.15. The second-order valence-electron chi connectivity index (χ2n) is 6.60. The number of piperazine rings is 1. The van der Waals surface area contributed by atoms with Crippen molar-refractivity contribution < 1.29 is 5.11 Å². The van der Waals surface area contributed by atoms with Crippen LogP contribution in [0, 0.1) is 5.92 Å². The summed E-state index contributed by atoms with van der Waals surface area (Å²) in [7, 11) is 0. The first-order valence-electron chi connectivity index (χ1n) is 8.35. The van der Waals surface area contributed by atoms with Gasteiger partial charge in [0.25, 0.3) is 0 Å². The first-order chi connectivity index (χ1) is 11.1. The second-order valence-corrected chi connectivity index (χ2v) is 6.60. The number of aromatic hydroxyl groups is 1. The number of phenols is 1. The van der Waals surface area contributed by atoms with Crippen molar-refractivity contribution in [1.29, 1.82) is 0 Å². The Balaban J connectivity index is 1.73. The highest BCUT2D eigenvalue weighted by Gasteiger charge is 2.19. The van der Waals surface area contributed by atoms with Gasteiger partial charge in [0, 0.05) is 44.5 Å². The Hall–Kier alpha value is -2.07. The molecule has 1 aliphatic rings. The Bertz CT molecular complexity index is 649. The van der Waals surface area contributed by atoms with Crippen LogP contribution in [0.25, 0.3) is 11.1 Å². The van der Waals surface area contributed by atoms with Gasteiger partial charge >= 0.3 is 0 Å². The number of hydrogen-bond donors (Lipinski definition) is 1. The molecule has 3 rings (SSSR count). The molecule has 4 heteroatoms. The first-order valence-corrected chi connectivity index (χ1v) is 8.35. The molecule has 0 atom stereocenters. The summed E-state index contributed by atoms with van der Waals surface area (Å²) in [5, 5.41) is 10.0. The Morgan fingerprint density at radius 1 is 1.09 bits per heavy atom. The Kier molecular flexibility index (Phi) is 4.82. The number of rotatable bonds is 4. The van der Waals surface area contributed by atoms with Crippen LogP contribution in [0.5, 0.6) is 5.75 Å². The quantitative estimate of drug-likeness (QED) is 0.941. The standard InChI is InChI=1S/C19H25N3O/c1-15(2)14-21-9-11-22(12-10-21)19-13-16(7-8-20-19)17-5-3-4-6-18(17)23/h3-8,13,15,23H,9-12,14H2,1-2H3. The molecule has 1 N–H and O–H groups in total. The number of hydrogen-bond acceptors (Lipinski definition) is 4. The van der Waals surface area contributed by atoms with Gasteiger partial charge in [0.15, 0.2) is 0 Å². The minimum atomic E-state index is 0.311. The van der Waals surface area contributed by atoms with Crippen LogP contribution in [0.15, 0.2) is 42.6 Å². The molecule has 2 aromatic rings. The maximum atomic E-state index is 10.0. The van der Waals surface area contributed by atoms with E-state index in [0.717, 1.165) is 43.1 Å². The van der Waals surface area contributed by atoms with Crippen LogP contribution in [0.2, 0.25) is 0 Å². The number of aromatic nitrogens is 1. The van der Waals surface area contributed by atoms with Gasteiger partial charge in [0.2, 0.25) is 0 Å². The van der Waals surface area contributed by atoms with E-state index in [-0.39, 0.29) is 0 Å². The highest BCUT2D eigenvalue weighted by Crippen LogP contribution is 2.30. The average Bonchev–Trinajstić information content (AvgIpc) is 2.55. The molecule has 0 radical (unpaired) electrons. The lowest BCUT2D eigenvalue weighted by atomic mass is 10.1. The van der Waals surface area contributed by atoms with Crippen LogP contribution < -0.4 is 4.90 Å². The smallest absolute Gasteiger partial charge is 0.129 e. The first kappa shape index (κ1) is 15.8. The van der Waals surface area contributed by atoms with Gasteiger partial charge in [-0.05, 0) is 29.7 Å². The minimum Gasteiger partial charge on any atom is -0.507 e. The zero-order valence-corrected chi connectivity index (χ0v) is 13.9. The summed E-state index contributed by atoms with van der Waals surface area (Å²) in [5.74, 6) is 2.02. The maximum absolute atomic E-state index is 10.0. The molecule has 4 nitrogen and oxygen atoms in total. The predicted molar refractivity (Wildman–Crippen MR) is 94.8 cm³/mol. The van der Waals surface area contributed by atoms with E-state index >= 15 is 0 Å². The van der Waals surface area contributed by atoms with Crippen LogP contribution >= 0.6 is 0 Å². The number of benzene rings is 1. The molecule has 23 heavy (non-hydrogen) atoms. The van der Waals surface area contributed by atoms with Crippen molar-refractivity contribution in [2.75, 3.05) is 37.6 Å². The Morgan fingerprint density at radius 3 is 2.52 bits per heavy atom. The molecule has 1 fully saturated rings. The van der Waals surface area contributed by atoms with Crippen molar-refractivity contribution in [3.63, 3.8) is 0 Å². The van der Waals surface area contributed by atoms with Crippen molar-refractivity contribution in [2.45, 2.75) is 13.8 Å².